The molecule has 5 heterocycles. The van der Waals surface area contributed by atoms with Crippen LogP contribution < -0.4 is 15.6 Å². The SMILES string of the molecule is CC.CCc1c2c(nc3ccc(OC(=O)c4ccc(NC(=O)CCCCCN5C(=O)C=CC5=O)cc4)cc13)-c1cc3c(c(=O)n1C2)COC(=O)[C@@]3(C)O. The van der Waals surface area contributed by atoms with Gasteiger partial charge in [-0.1, -0.05) is 27.2 Å². The third-order valence-corrected chi connectivity index (χ3v) is 9.56. The highest BCUT2D eigenvalue weighted by Crippen LogP contribution is 2.40. The first kappa shape index (κ1) is 36.8. The van der Waals surface area contributed by atoms with Crippen LogP contribution in [0, 0.1) is 0 Å². The van der Waals surface area contributed by atoms with E-state index < -0.39 is 17.5 Å². The number of amides is 3. The van der Waals surface area contributed by atoms with E-state index in [1.807, 2.05) is 20.8 Å². The van der Waals surface area contributed by atoms with E-state index in [4.69, 9.17) is 14.5 Å². The molecule has 13 nitrogen and oxygen atoms in total. The fraction of sp³-hybridized carbons (Fsp3) is 0.325. The minimum absolute atomic E-state index is 0.188. The molecule has 13 heteroatoms. The van der Waals surface area contributed by atoms with Crippen LogP contribution in [0.4, 0.5) is 5.69 Å². The number of anilines is 1. The highest BCUT2D eigenvalue weighted by Gasteiger charge is 2.43. The Kier molecular flexibility index (Phi) is 10.4. The quantitative estimate of drug-likeness (QED) is 0.0873. The predicted octanol–water partition coefficient (Wildman–Crippen LogP) is 4.92. The summed E-state index contributed by atoms with van der Waals surface area (Å²) in [6.45, 7) is 7.68. The van der Waals surface area contributed by atoms with E-state index in [0.717, 1.165) is 16.5 Å². The number of aliphatic hydroxyl groups is 1. The van der Waals surface area contributed by atoms with Crippen LogP contribution in [-0.2, 0) is 49.1 Å². The third kappa shape index (κ3) is 6.99. The number of aromatic nitrogens is 2. The maximum atomic E-state index is 13.5. The van der Waals surface area contributed by atoms with Crippen molar-refractivity contribution >= 4 is 46.3 Å². The van der Waals surface area contributed by atoms with Crippen LogP contribution in [0.1, 0.15) is 86.0 Å². The van der Waals surface area contributed by atoms with Gasteiger partial charge in [-0.2, -0.15) is 0 Å². The van der Waals surface area contributed by atoms with Crippen molar-refractivity contribution in [3.05, 3.63) is 98.9 Å². The van der Waals surface area contributed by atoms with Crippen LogP contribution in [0.2, 0.25) is 0 Å². The van der Waals surface area contributed by atoms with Crippen molar-refractivity contribution < 1.29 is 38.6 Å². The topological polar surface area (TPSA) is 174 Å². The number of unbranched alkanes of at least 4 members (excludes halogenated alkanes) is 2. The number of pyridine rings is 2. The van der Waals surface area contributed by atoms with E-state index in [1.54, 1.807) is 53.1 Å². The summed E-state index contributed by atoms with van der Waals surface area (Å²) in [6, 6.07) is 13.1. The van der Waals surface area contributed by atoms with Gasteiger partial charge in [0.1, 0.15) is 12.4 Å². The van der Waals surface area contributed by atoms with Gasteiger partial charge in [0, 0.05) is 47.3 Å². The number of benzene rings is 2. The smallest absolute Gasteiger partial charge is 0.343 e. The number of rotatable bonds is 10. The maximum absolute atomic E-state index is 13.5. The first-order valence-electron chi connectivity index (χ1n) is 17.7. The van der Waals surface area contributed by atoms with Crippen molar-refractivity contribution in [2.24, 2.45) is 0 Å². The Labute approximate surface area is 305 Å². The molecule has 1 atom stereocenters. The molecular formula is C40H40N4O9. The van der Waals surface area contributed by atoms with E-state index in [2.05, 4.69) is 5.32 Å². The Balaban J connectivity index is 0.00000236. The summed E-state index contributed by atoms with van der Waals surface area (Å²) >= 11 is 0. The molecule has 0 saturated carbocycles. The van der Waals surface area contributed by atoms with Crippen molar-refractivity contribution in [2.45, 2.75) is 78.6 Å². The standard InChI is InChI=1S/C38H34N4O9.C2H6/c1-3-24-25-17-23(12-13-29(25)40-34-26(24)19-42-30(34)18-28-27(35(42)46)20-50-37(48)38(28,2)49)51-36(47)21-8-10-22(11-9-21)39-31(43)7-5-4-6-16-41-32(44)14-15-33(41)45;1-2/h8-15,17-18,49H,3-7,16,19-20H2,1-2H3,(H,39,43);1-2H3/t38-;/m0./s1. The average molecular weight is 721 g/mol. The molecule has 3 aliphatic heterocycles. The Bertz CT molecular complexity index is 2240. The normalized spacial score (nSPS) is 16.8. The molecule has 7 rings (SSSR count). The molecule has 2 aromatic carbocycles. The zero-order valence-corrected chi connectivity index (χ0v) is 30.0. The number of cyclic esters (lactones) is 1. The Hall–Kier alpha value is -5.95. The molecule has 4 aromatic rings. The lowest BCUT2D eigenvalue weighted by atomic mass is 9.89. The van der Waals surface area contributed by atoms with E-state index in [1.165, 1.54) is 24.0 Å². The Morgan fingerprint density at radius 2 is 1.68 bits per heavy atom. The van der Waals surface area contributed by atoms with Crippen molar-refractivity contribution in [3.63, 3.8) is 0 Å². The van der Waals surface area contributed by atoms with Crippen molar-refractivity contribution in [3.8, 4) is 17.1 Å². The van der Waals surface area contributed by atoms with Crippen LogP contribution in [-0.4, -0.2) is 55.8 Å². The van der Waals surface area contributed by atoms with Crippen LogP contribution in [0.25, 0.3) is 22.3 Å². The van der Waals surface area contributed by atoms with Gasteiger partial charge < -0.3 is 24.5 Å². The number of imide groups is 1. The van der Waals surface area contributed by atoms with Crippen LogP contribution >= 0.6 is 0 Å². The number of carbonyl (C=O) groups is 5. The second-order valence-electron chi connectivity index (χ2n) is 12.9. The number of hydrogen-bond acceptors (Lipinski definition) is 10. The van der Waals surface area contributed by atoms with Crippen molar-refractivity contribution in [1.29, 1.82) is 0 Å². The van der Waals surface area contributed by atoms with Gasteiger partial charge in [0.15, 0.2) is 5.60 Å². The van der Waals surface area contributed by atoms with E-state index in [0.29, 0.717) is 60.6 Å². The fourth-order valence-corrected chi connectivity index (χ4v) is 6.82. The molecule has 0 saturated heterocycles. The molecule has 3 amide bonds. The van der Waals surface area contributed by atoms with Gasteiger partial charge in [-0.05, 0) is 80.3 Å². The molecule has 0 radical (unpaired) electrons. The molecule has 2 aromatic heterocycles. The van der Waals surface area contributed by atoms with Gasteiger partial charge in [0.2, 0.25) is 5.91 Å². The van der Waals surface area contributed by atoms with Gasteiger partial charge in [0.05, 0.1) is 34.6 Å². The minimum Gasteiger partial charge on any atom is -0.458 e. The maximum Gasteiger partial charge on any atom is 0.343 e. The molecular weight excluding hydrogens is 680 g/mol. The second-order valence-corrected chi connectivity index (χ2v) is 12.9. The number of aryl methyl sites for hydroxylation is 1. The molecule has 3 aliphatic rings. The molecule has 274 valence electrons. The van der Waals surface area contributed by atoms with Gasteiger partial charge in [0.25, 0.3) is 17.4 Å². The number of nitrogens with zero attached hydrogens (tertiary/aromatic N) is 3. The van der Waals surface area contributed by atoms with Crippen molar-refractivity contribution in [1.82, 2.24) is 14.5 Å². The zero-order valence-electron chi connectivity index (χ0n) is 30.0. The Morgan fingerprint density at radius 1 is 0.962 bits per heavy atom. The number of hydrogen-bond donors (Lipinski definition) is 2. The molecule has 2 N–H and O–H groups in total. The number of ether oxygens (including phenoxy) is 2. The van der Waals surface area contributed by atoms with E-state index in [9.17, 15) is 33.9 Å². The van der Waals surface area contributed by atoms with Crippen LogP contribution in [0.5, 0.6) is 5.75 Å². The number of esters is 2. The summed E-state index contributed by atoms with van der Waals surface area (Å²) in [6.07, 6.45) is 5.27. The summed E-state index contributed by atoms with van der Waals surface area (Å²) in [5, 5.41) is 14.4. The van der Waals surface area contributed by atoms with Crippen LogP contribution in [0.3, 0.4) is 0 Å². The highest BCUT2D eigenvalue weighted by atomic mass is 16.6. The first-order chi connectivity index (χ1) is 25.5. The van der Waals surface area contributed by atoms with Gasteiger partial charge in [-0.25, -0.2) is 14.6 Å². The lowest BCUT2D eigenvalue weighted by molar-refractivity contribution is -0.169. The highest BCUT2D eigenvalue weighted by molar-refractivity contribution is 6.12. The average Bonchev–Trinajstić information content (AvgIpc) is 3.68. The lowest BCUT2D eigenvalue weighted by Crippen LogP contribution is -2.42. The van der Waals surface area contributed by atoms with Gasteiger partial charge in [-0.15, -0.1) is 0 Å². The van der Waals surface area contributed by atoms with Crippen LogP contribution in [0.15, 0.2) is 65.5 Å². The van der Waals surface area contributed by atoms with Gasteiger partial charge >= 0.3 is 11.9 Å². The zero-order chi connectivity index (χ0) is 38.0. The number of carbonyl (C=O) groups excluding carboxylic acids is 5. The molecule has 0 bridgehead atoms. The summed E-state index contributed by atoms with van der Waals surface area (Å²) in [5.74, 6) is -1.90. The summed E-state index contributed by atoms with van der Waals surface area (Å²) in [4.78, 5) is 80.6. The number of fused-ring (bicyclic) bond motifs is 5. The van der Waals surface area contributed by atoms with E-state index >= 15 is 0 Å². The monoisotopic (exact) mass is 720 g/mol. The second kappa shape index (κ2) is 15.0. The molecule has 0 aliphatic carbocycles. The molecule has 0 fully saturated rings. The summed E-state index contributed by atoms with van der Waals surface area (Å²) in [7, 11) is 0. The lowest BCUT2D eigenvalue weighted by Gasteiger charge is -2.29. The molecule has 0 spiro atoms. The minimum atomic E-state index is -1.95. The molecule has 53 heavy (non-hydrogen) atoms. The fourth-order valence-electron chi connectivity index (χ4n) is 6.82. The first-order valence-corrected chi connectivity index (χ1v) is 17.7. The molecule has 0 unspecified atom stereocenters. The Morgan fingerprint density at radius 3 is 2.38 bits per heavy atom. The largest absolute Gasteiger partial charge is 0.458 e. The van der Waals surface area contributed by atoms with Gasteiger partial charge in [-0.3, -0.25) is 24.1 Å². The third-order valence-electron chi connectivity index (χ3n) is 9.56. The predicted molar refractivity (Wildman–Crippen MR) is 195 cm³/mol. The number of nitrogens with one attached hydrogen (secondary N) is 1. The summed E-state index contributed by atoms with van der Waals surface area (Å²) in [5.41, 5.74) is 2.47. The summed E-state index contributed by atoms with van der Waals surface area (Å²) < 4.78 is 12.4. The van der Waals surface area contributed by atoms with E-state index in [-0.39, 0.29) is 59.5 Å². The van der Waals surface area contributed by atoms with Crippen molar-refractivity contribution in [2.75, 3.05) is 11.9 Å².